The quantitative estimate of drug-likeness (QED) is 0.775. The second kappa shape index (κ2) is 6.98. The monoisotopic (exact) mass is 338 g/mol. The number of benzene rings is 1. The van der Waals surface area contributed by atoms with Gasteiger partial charge in [-0.3, -0.25) is 4.79 Å². The summed E-state index contributed by atoms with van der Waals surface area (Å²) in [6, 6.07) is 12.5. The molecule has 2 aromatic heterocycles. The number of carbonyl (C=O) groups is 1. The van der Waals surface area contributed by atoms with Crippen molar-refractivity contribution in [2.75, 3.05) is 7.11 Å². The van der Waals surface area contributed by atoms with Crippen LogP contribution in [0.15, 0.2) is 54.2 Å². The van der Waals surface area contributed by atoms with Crippen LogP contribution in [-0.2, 0) is 0 Å². The van der Waals surface area contributed by atoms with Gasteiger partial charge in [0.15, 0.2) is 0 Å². The van der Waals surface area contributed by atoms with Gasteiger partial charge in [-0.05, 0) is 12.1 Å². The Morgan fingerprint density at radius 3 is 2.88 bits per heavy atom. The lowest BCUT2D eigenvalue weighted by atomic mass is 10.2. The average molecular weight is 338 g/mol. The summed E-state index contributed by atoms with van der Waals surface area (Å²) in [6.07, 6.45) is 3.31. The standard InChI is InChI=1S/C17H14N4O2S/c1-23-14-7-16(24-11-14)17(22)20-15(8-18)12-9-19-21(10-12)13-5-3-2-4-6-13/h2-7,9-11,15H,1H3,(H,20,22). The molecule has 24 heavy (non-hydrogen) atoms. The van der Waals surface area contributed by atoms with Crippen LogP contribution < -0.4 is 10.1 Å². The lowest BCUT2D eigenvalue weighted by molar-refractivity contribution is 0.0949. The predicted octanol–water partition coefficient (Wildman–Crippen LogP) is 2.94. The second-order valence-electron chi connectivity index (χ2n) is 4.94. The number of hydrogen-bond donors (Lipinski definition) is 1. The molecule has 0 saturated heterocycles. The number of ether oxygens (including phenoxy) is 1. The molecular formula is C17H14N4O2S. The predicted molar refractivity (Wildman–Crippen MR) is 90.3 cm³/mol. The van der Waals surface area contributed by atoms with Crippen molar-refractivity contribution in [3.05, 3.63) is 64.6 Å². The third kappa shape index (κ3) is 3.29. The van der Waals surface area contributed by atoms with E-state index in [0.29, 0.717) is 16.2 Å². The van der Waals surface area contributed by atoms with Gasteiger partial charge in [0.2, 0.25) is 0 Å². The first-order chi connectivity index (χ1) is 11.7. The van der Waals surface area contributed by atoms with E-state index < -0.39 is 6.04 Å². The van der Waals surface area contributed by atoms with Crippen LogP contribution in [0, 0.1) is 11.3 Å². The molecule has 0 aliphatic rings. The van der Waals surface area contributed by atoms with E-state index in [4.69, 9.17) is 4.74 Å². The number of methoxy groups -OCH3 is 1. The third-order valence-corrected chi connectivity index (χ3v) is 4.30. The minimum Gasteiger partial charge on any atom is -0.496 e. The minimum absolute atomic E-state index is 0.317. The first-order valence-electron chi connectivity index (χ1n) is 7.14. The number of carbonyl (C=O) groups excluding carboxylic acids is 1. The number of para-hydroxylation sites is 1. The van der Waals surface area contributed by atoms with Gasteiger partial charge in [-0.25, -0.2) is 4.68 Å². The summed E-state index contributed by atoms with van der Waals surface area (Å²) in [5.41, 5.74) is 1.51. The van der Waals surface area contributed by atoms with Crippen molar-refractivity contribution in [2.24, 2.45) is 0 Å². The molecule has 0 radical (unpaired) electrons. The molecule has 6 nitrogen and oxygen atoms in total. The second-order valence-corrected chi connectivity index (χ2v) is 5.85. The molecule has 0 aliphatic heterocycles. The van der Waals surface area contributed by atoms with Crippen molar-refractivity contribution in [1.29, 1.82) is 5.26 Å². The van der Waals surface area contributed by atoms with Crippen LogP contribution in [0.3, 0.4) is 0 Å². The number of nitrogens with zero attached hydrogens (tertiary/aromatic N) is 3. The summed E-state index contributed by atoms with van der Waals surface area (Å²) >= 11 is 1.26. The Morgan fingerprint density at radius 2 is 2.21 bits per heavy atom. The number of hydrogen-bond acceptors (Lipinski definition) is 5. The number of nitriles is 1. The highest BCUT2D eigenvalue weighted by Gasteiger charge is 2.18. The van der Waals surface area contributed by atoms with E-state index in [2.05, 4.69) is 16.5 Å². The molecule has 2 heterocycles. The average Bonchev–Trinajstić information content (AvgIpc) is 3.29. The van der Waals surface area contributed by atoms with Gasteiger partial charge < -0.3 is 10.1 Å². The zero-order valence-electron chi connectivity index (χ0n) is 12.8. The van der Waals surface area contributed by atoms with Gasteiger partial charge in [-0.1, -0.05) is 18.2 Å². The summed E-state index contributed by atoms with van der Waals surface area (Å²) in [7, 11) is 1.54. The van der Waals surface area contributed by atoms with Gasteiger partial charge in [0.05, 0.1) is 29.9 Å². The van der Waals surface area contributed by atoms with E-state index in [0.717, 1.165) is 5.69 Å². The fourth-order valence-corrected chi connectivity index (χ4v) is 2.90. The Hall–Kier alpha value is -3.11. The van der Waals surface area contributed by atoms with E-state index >= 15 is 0 Å². The van der Waals surface area contributed by atoms with E-state index in [1.165, 1.54) is 11.3 Å². The molecule has 0 saturated carbocycles. The van der Waals surface area contributed by atoms with Gasteiger partial charge in [0, 0.05) is 23.2 Å². The van der Waals surface area contributed by atoms with E-state index in [-0.39, 0.29) is 5.91 Å². The van der Waals surface area contributed by atoms with Crippen molar-refractivity contribution in [3.8, 4) is 17.5 Å². The maximum Gasteiger partial charge on any atom is 0.262 e. The lowest BCUT2D eigenvalue weighted by Gasteiger charge is -2.08. The molecule has 3 rings (SSSR count). The van der Waals surface area contributed by atoms with Crippen LogP contribution in [0.2, 0.25) is 0 Å². The molecule has 3 aromatic rings. The van der Waals surface area contributed by atoms with Crippen LogP contribution in [0.4, 0.5) is 0 Å². The van der Waals surface area contributed by atoms with Crippen molar-refractivity contribution in [2.45, 2.75) is 6.04 Å². The van der Waals surface area contributed by atoms with Gasteiger partial charge in [0.25, 0.3) is 5.91 Å². The molecule has 0 fully saturated rings. The summed E-state index contributed by atoms with van der Waals surface area (Å²) in [4.78, 5) is 12.7. The van der Waals surface area contributed by atoms with Crippen LogP contribution in [0.5, 0.6) is 5.75 Å². The molecule has 1 atom stereocenters. The Labute approximate surface area is 142 Å². The largest absolute Gasteiger partial charge is 0.496 e. The van der Waals surface area contributed by atoms with Crippen LogP contribution >= 0.6 is 11.3 Å². The highest BCUT2D eigenvalue weighted by Crippen LogP contribution is 2.22. The van der Waals surface area contributed by atoms with Crippen molar-refractivity contribution >= 4 is 17.2 Å². The van der Waals surface area contributed by atoms with E-state index in [9.17, 15) is 10.1 Å². The zero-order valence-corrected chi connectivity index (χ0v) is 13.7. The Balaban J connectivity index is 1.76. The highest BCUT2D eigenvalue weighted by atomic mass is 32.1. The fourth-order valence-electron chi connectivity index (χ4n) is 2.15. The lowest BCUT2D eigenvalue weighted by Crippen LogP contribution is -2.26. The molecule has 1 amide bonds. The Kier molecular flexibility index (Phi) is 4.59. The molecule has 0 spiro atoms. The summed E-state index contributed by atoms with van der Waals surface area (Å²) in [5, 5.41) is 18.1. The topological polar surface area (TPSA) is 79.9 Å². The number of thiophene rings is 1. The van der Waals surface area contributed by atoms with Crippen molar-refractivity contribution in [3.63, 3.8) is 0 Å². The van der Waals surface area contributed by atoms with Crippen molar-refractivity contribution < 1.29 is 9.53 Å². The maximum absolute atomic E-state index is 12.3. The normalized spacial score (nSPS) is 11.5. The van der Waals surface area contributed by atoms with Crippen LogP contribution in [0.1, 0.15) is 21.3 Å². The number of aromatic nitrogens is 2. The SMILES string of the molecule is COc1csc(C(=O)NC(C#N)c2cnn(-c3ccccc3)c2)c1. The first-order valence-corrected chi connectivity index (χ1v) is 8.02. The molecule has 1 N–H and O–H groups in total. The number of nitrogens with one attached hydrogen (secondary N) is 1. The Bertz CT molecular complexity index is 879. The highest BCUT2D eigenvalue weighted by molar-refractivity contribution is 7.12. The number of rotatable bonds is 5. The van der Waals surface area contributed by atoms with Crippen LogP contribution in [-0.4, -0.2) is 22.8 Å². The minimum atomic E-state index is -0.775. The van der Waals surface area contributed by atoms with Crippen LogP contribution in [0.25, 0.3) is 5.69 Å². The molecule has 0 bridgehead atoms. The summed E-state index contributed by atoms with van der Waals surface area (Å²) < 4.78 is 6.73. The first kappa shape index (κ1) is 15.8. The molecule has 1 aromatic carbocycles. The van der Waals surface area contributed by atoms with Gasteiger partial charge in [-0.15, -0.1) is 11.3 Å². The third-order valence-electron chi connectivity index (χ3n) is 3.40. The molecular weight excluding hydrogens is 324 g/mol. The van der Waals surface area contributed by atoms with Gasteiger partial charge in [-0.2, -0.15) is 10.4 Å². The summed E-state index contributed by atoms with van der Waals surface area (Å²) in [6.45, 7) is 0. The molecule has 1 unspecified atom stereocenters. The summed E-state index contributed by atoms with van der Waals surface area (Å²) in [5.74, 6) is 0.304. The maximum atomic E-state index is 12.3. The van der Waals surface area contributed by atoms with E-state index in [1.54, 1.807) is 35.6 Å². The van der Waals surface area contributed by atoms with Gasteiger partial charge >= 0.3 is 0 Å². The van der Waals surface area contributed by atoms with Crippen molar-refractivity contribution in [1.82, 2.24) is 15.1 Å². The number of amides is 1. The van der Waals surface area contributed by atoms with Gasteiger partial charge in [0.1, 0.15) is 11.8 Å². The smallest absolute Gasteiger partial charge is 0.262 e. The zero-order chi connectivity index (χ0) is 16.9. The molecule has 7 heteroatoms. The Morgan fingerprint density at radius 1 is 1.42 bits per heavy atom. The fraction of sp³-hybridized carbons (Fsp3) is 0.118. The van der Waals surface area contributed by atoms with E-state index in [1.807, 2.05) is 30.3 Å². The molecule has 120 valence electrons. The molecule has 0 aliphatic carbocycles.